The smallest absolute Gasteiger partial charge is 0.0823 e. The van der Waals surface area contributed by atoms with Crippen molar-refractivity contribution in [2.24, 2.45) is 11.8 Å². The van der Waals surface area contributed by atoms with Crippen LogP contribution < -0.4 is 0 Å². The lowest BCUT2D eigenvalue weighted by molar-refractivity contribution is 0.0934. The van der Waals surface area contributed by atoms with Gasteiger partial charge < -0.3 is 5.11 Å². The molecule has 2 atom stereocenters. The minimum Gasteiger partial charge on any atom is -0.388 e. The lowest BCUT2D eigenvalue weighted by Gasteiger charge is -2.24. The Morgan fingerprint density at radius 3 is 2.11 bits per heavy atom. The third kappa shape index (κ3) is 2.28. The van der Waals surface area contributed by atoms with E-state index in [1.54, 1.807) is 0 Å². The van der Waals surface area contributed by atoms with E-state index in [0.29, 0.717) is 5.92 Å². The second-order valence-electron chi connectivity index (χ2n) is 5.57. The Morgan fingerprint density at radius 1 is 0.889 bits per heavy atom. The molecule has 2 aromatic carbocycles. The normalized spacial score (nSPS) is 15.0. The van der Waals surface area contributed by atoms with Crippen LogP contribution in [0.4, 0.5) is 0 Å². The first-order chi connectivity index (χ1) is 8.52. The van der Waals surface area contributed by atoms with Gasteiger partial charge in [-0.05, 0) is 40.7 Å². The standard InChI is InChI=1S/C17H22O/c1-11(2)13(4)17(18)16-10-9-12(3)14-7-5-6-8-15(14)16/h5-11,13,17-18H,1-4H3. The molecule has 0 heterocycles. The quantitative estimate of drug-likeness (QED) is 0.841. The Bertz CT molecular complexity index is 542. The van der Waals surface area contributed by atoms with E-state index in [1.807, 2.05) is 6.07 Å². The van der Waals surface area contributed by atoms with Crippen LogP contribution in [0.5, 0.6) is 0 Å². The van der Waals surface area contributed by atoms with E-state index >= 15 is 0 Å². The van der Waals surface area contributed by atoms with Gasteiger partial charge in [0.15, 0.2) is 0 Å². The second-order valence-corrected chi connectivity index (χ2v) is 5.57. The first kappa shape index (κ1) is 13.1. The van der Waals surface area contributed by atoms with Gasteiger partial charge in [0.2, 0.25) is 0 Å². The molecule has 0 aliphatic heterocycles. The van der Waals surface area contributed by atoms with E-state index in [2.05, 4.69) is 58.0 Å². The predicted octanol–water partition coefficient (Wildman–Crippen LogP) is 4.47. The fraction of sp³-hybridized carbons (Fsp3) is 0.412. The number of aryl methyl sites for hydroxylation is 1. The molecule has 96 valence electrons. The summed E-state index contributed by atoms with van der Waals surface area (Å²) in [5.41, 5.74) is 2.32. The highest BCUT2D eigenvalue weighted by atomic mass is 16.3. The van der Waals surface area contributed by atoms with Crippen molar-refractivity contribution in [2.45, 2.75) is 33.8 Å². The lowest BCUT2D eigenvalue weighted by Crippen LogP contribution is -2.15. The molecule has 2 rings (SSSR count). The molecule has 2 aromatic rings. The van der Waals surface area contributed by atoms with Gasteiger partial charge in [-0.3, -0.25) is 0 Å². The van der Waals surface area contributed by atoms with Crippen molar-refractivity contribution in [1.29, 1.82) is 0 Å². The van der Waals surface area contributed by atoms with Gasteiger partial charge in [-0.15, -0.1) is 0 Å². The molecule has 0 radical (unpaired) electrons. The maximum absolute atomic E-state index is 10.5. The van der Waals surface area contributed by atoms with Crippen molar-refractivity contribution < 1.29 is 5.11 Å². The van der Waals surface area contributed by atoms with Gasteiger partial charge in [0.1, 0.15) is 0 Å². The molecule has 0 saturated carbocycles. The average molecular weight is 242 g/mol. The van der Waals surface area contributed by atoms with Crippen molar-refractivity contribution >= 4 is 10.8 Å². The fourth-order valence-corrected chi connectivity index (χ4v) is 2.38. The Kier molecular flexibility index (Phi) is 3.72. The SMILES string of the molecule is Cc1ccc(C(O)C(C)C(C)C)c2ccccc12. The summed E-state index contributed by atoms with van der Waals surface area (Å²) in [5.74, 6) is 0.733. The van der Waals surface area contributed by atoms with Crippen molar-refractivity contribution in [1.82, 2.24) is 0 Å². The number of benzene rings is 2. The zero-order chi connectivity index (χ0) is 13.3. The number of hydrogen-bond donors (Lipinski definition) is 1. The zero-order valence-electron chi connectivity index (χ0n) is 11.6. The lowest BCUT2D eigenvalue weighted by atomic mass is 9.85. The molecule has 0 saturated heterocycles. The summed E-state index contributed by atoms with van der Waals surface area (Å²) in [7, 11) is 0. The van der Waals surface area contributed by atoms with Crippen LogP contribution in [0, 0.1) is 18.8 Å². The van der Waals surface area contributed by atoms with Gasteiger partial charge in [0.05, 0.1) is 6.10 Å². The number of aliphatic hydroxyl groups excluding tert-OH is 1. The predicted molar refractivity (Wildman–Crippen MR) is 77.6 cm³/mol. The number of fused-ring (bicyclic) bond motifs is 1. The topological polar surface area (TPSA) is 20.2 Å². The summed E-state index contributed by atoms with van der Waals surface area (Å²) < 4.78 is 0. The molecule has 0 amide bonds. The molecular formula is C17H22O. The molecule has 0 bridgehead atoms. The summed E-state index contributed by atoms with van der Waals surface area (Å²) >= 11 is 0. The number of hydrogen-bond acceptors (Lipinski definition) is 1. The zero-order valence-corrected chi connectivity index (χ0v) is 11.6. The number of aliphatic hydroxyl groups is 1. The minimum absolute atomic E-state index is 0.260. The highest BCUT2D eigenvalue weighted by Crippen LogP contribution is 2.33. The molecule has 0 fully saturated rings. The van der Waals surface area contributed by atoms with Gasteiger partial charge in [-0.25, -0.2) is 0 Å². The van der Waals surface area contributed by atoms with Crippen molar-refractivity contribution in [2.75, 3.05) is 0 Å². The van der Waals surface area contributed by atoms with Crippen LogP contribution in [0.25, 0.3) is 10.8 Å². The van der Waals surface area contributed by atoms with Crippen LogP contribution >= 0.6 is 0 Å². The van der Waals surface area contributed by atoms with E-state index in [4.69, 9.17) is 0 Å². The summed E-state index contributed by atoms with van der Waals surface area (Å²) in [6.07, 6.45) is -0.393. The monoisotopic (exact) mass is 242 g/mol. The summed E-state index contributed by atoms with van der Waals surface area (Å²) in [6.45, 7) is 8.54. The van der Waals surface area contributed by atoms with Crippen molar-refractivity contribution in [3.8, 4) is 0 Å². The molecule has 2 unspecified atom stereocenters. The van der Waals surface area contributed by atoms with Crippen LogP contribution in [0.3, 0.4) is 0 Å². The maximum atomic E-state index is 10.5. The highest BCUT2D eigenvalue weighted by Gasteiger charge is 2.21. The van der Waals surface area contributed by atoms with E-state index in [1.165, 1.54) is 16.3 Å². The first-order valence-corrected chi connectivity index (χ1v) is 6.68. The molecule has 1 nitrogen and oxygen atoms in total. The third-order valence-corrected chi connectivity index (χ3v) is 4.04. The Morgan fingerprint density at radius 2 is 1.50 bits per heavy atom. The summed E-state index contributed by atoms with van der Waals surface area (Å²) in [6, 6.07) is 12.5. The summed E-state index contributed by atoms with van der Waals surface area (Å²) in [4.78, 5) is 0. The molecule has 0 aromatic heterocycles. The van der Waals surface area contributed by atoms with Crippen LogP contribution in [0.2, 0.25) is 0 Å². The van der Waals surface area contributed by atoms with Crippen molar-refractivity contribution in [3.05, 3.63) is 47.5 Å². The van der Waals surface area contributed by atoms with E-state index in [9.17, 15) is 5.11 Å². The maximum Gasteiger partial charge on any atom is 0.0823 e. The highest BCUT2D eigenvalue weighted by molar-refractivity contribution is 5.88. The van der Waals surface area contributed by atoms with E-state index in [-0.39, 0.29) is 5.92 Å². The summed E-state index contributed by atoms with van der Waals surface area (Å²) in [5, 5.41) is 13.0. The van der Waals surface area contributed by atoms with Crippen LogP contribution in [0.1, 0.15) is 38.0 Å². The van der Waals surface area contributed by atoms with Crippen LogP contribution in [-0.2, 0) is 0 Å². The van der Waals surface area contributed by atoms with Crippen molar-refractivity contribution in [3.63, 3.8) is 0 Å². The molecule has 18 heavy (non-hydrogen) atoms. The second kappa shape index (κ2) is 5.11. The fourth-order valence-electron chi connectivity index (χ4n) is 2.38. The number of rotatable bonds is 3. The van der Waals surface area contributed by atoms with Gasteiger partial charge >= 0.3 is 0 Å². The first-order valence-electron chi connectivity index (χ1n) is 6.68. The van der Waals surface area contributed by atoms with E-state index in [0.717, 1.165) is 5.56 Å². The van der Waals surface area contributed by atoms with E-state index < -0.39 is 6.10 Å². The molecular weight excluding hydrogens is 220 g/mol. The van der Waals surface area contributed by atoms with Gasteiger partial charge in [0, 0.05) is 0 Å². The third-order valence-electron chi connectivity index (χ3n) is 4.04. The Hall–Kier alpha value is -1.34. The molecule has 1 heteroatoms. The van der Waals surface area contributed by atoms with Crippen LogP contribution in [0.15, 0.2) is 36.4 Å². The van der Waals surface area contributed by atoms with Gasteiger partial charge in [-0.2, -0.15) is 0 Å². The largest absolute Gasteiger partial charge is 0.388 e. The Labute approximate surface area is 109 Å². The van der Waals surface area contributed by atoms with Gasteiger partial charge in [0.25, 0.3) is 0 Å². The molecule has 0 spiro atoms. The molecule has 0 aliphatic carbocycles. The molecule has 0 aliphatic rings. The van der Waals surface area contributed by atoms with Gasteiger partial charge in [-0.1, -0.05) is 57.2 Å². The molecule has 1 N–H and O–H groups in total. The average Bonchev–Trinajstić information content (AvgIpc) is 2.38. The Balaban J connectivity index is 2.55. The minimum atomic E-state index is -0.393. The van der Waals surface area contributed by atoms with Crippen LogP contribution in [-0.4, -0.2) is 5.11 Å².